The first-order chi connectivity index (χ1) is 10.6. The van der Waals surface area contributed by atoms with Crippen molar-refractivity contribution in [2.45, 2.75) is 12.3 Å². The summed E-state index contributed by atoms with van der Waals surface area (Å²) >= 11 is 5.73. The average molecular weight is 321 g/mol. The number of hydrogen-bond acceptors (Lipinski definition) is 5. The van der Waals surface area contributed by atoms with Gasteiger partial charge in [0, 0.05) is 19.1 Å². The number of aliphatic hydroxyl groups is 1. The van der Waals surface area contributed by atoms with Gasteiger partial charge in [0.1, 0.15) is 0 Å². The third kappa shape index (κ3) is 4.16. The van der Waals surface area contributed by atoms with Crippen molar-refractivity contribution in [3.8, 4) is 0 Å². The molecule has 0 aliphatic rings. The molecule has 0 radical (unpaired) electrons. The van der Waals surface area contributed by atoms with E-state index in [0.29, 0.717) is 13.0 Å². The van der Waals surface area contributed by atoms with Crippen molar-refractivity contribution in [2.24, 2.45) is 5.73 Å². The number of aromatic nitrogens is 2. The van der Waals surface area contributed by atoms with Crippen molar-refractivity contribution in [1.29, 1.82) is 0 Å². The molecule has 22 heavy (non-hydrogen) atoms. The molecule has 0 saturated carbocycles. The number of aliphatic hydroxyl groups excluding tert-OH is 1. The van der Waals surface area contributed by atoms with E-state index in [4.69, 9.17) is 17.3 Å². The Kier molecular flexibility index (Phi) is 5.68. The Balaban J connectivity index is 2.15. The molecule has 6 nitrogen and oxygen atoms in total. The Morgan fingerprint density at radius 3 is 2.68 bits per heavy atom. The fraction of sp³-hybridized carbons (Fsp3) is 0.267. The molecule has 1 unspecified atom stereocenters. The highest BCUT2D eigenvalue weighted by atomic mass is 35.5. The van der Waals surface area contributed by atoms with Gasteiger partial charge in [0.15, 0.2) is 11.0 Å². The molecule has 0 aliphatic carbocycles. The van der Waals surface area contributed by atoms with Crippen LogP contribution in [0.3, 0.4) is 0 Å². The molecule has 4 N–H and O–H groups in total. The number of carbonyl (C=O) groups excluding carboxylic acids is 1. The van der Waals surface area contributed by atoms with Crippen LogP contribution in [0.2, 0.25) is 5.15 Å². The Morgan fingerprint density at radius 2 is 2.05 bits per heavy atom. The minimum absolute atomic E-state index is 0.0657. The van der Waals surface area contributed by atoms with Crippen LogP contribution >= 0.6 is 11.6 Å². The number of primary amides is 1. The minimum Gasteiger partial charge on any atom is -0.396 e. The van der Waals surface area contributed by atoms with Gasteiger partial charge >= 0.3 is 0 Å². The Labute approximate surface area is 133 Å². The third-order valence-corrected chi connectivity index (χ3v) is 3.48. The van der Waals surface area contributed by atoms with Gasteiger partial charge in [0.05, 0.1) is 5.56 Å². The lowest BCUT2D eigenvalue weighted by Crippen LogP contribution is -2.20. The maximum Gasteiger partial charge on any atom is 0.252 e. The highest BCUT2D eigenvalue weighted by Gasteiger charge is 2.15. The monoisotopic (exact) mass is 320 g/mol. The fourth-order valence-corrected chi connectivity index (χ4v) is 2.32. The van der Waals surface area contributed by atoms with E-state index in [0.717, 1.165) is 5.56 Å². The van der Waals surface area contributed by atoms with Crippen LogP contribution in [0.15, 0.2) is 36.4 Å². The zero-order chi connectivity index (χ0) is 15.9. The van der Waals surface area contributed by atoms with E-state index in [2.05, 4.69) is 15.5 Å². The van der Waals surface area contributed by atoms with Crippen molar-refractivity contribution >= 4 is 23.3 Å². The Bertz CT molecular complexity index is 637. The second-order valence-electron chi connectivity index (χ2n) is 4.79. The highest BCUT2D eigenvalue weighted by molar-refractivity contribution is 6.29. The molecule has 0 bridgehead atoms. The van der Waals surface area contributed by atoms with Crippen LogP contribution < -0.4 is 11.1 Å². The molecule has 0 aliphatic heterocycles. The predicted octanol–water partition coefficient (Wildman–Crippen LogP) is 1.81. The molecule has 0 fully saturated rings. The van der Waals surface area contributed by atoms with E-state index in [1.54, 1.807) is 0 Å². The van der Waals surface area contributed by atoms with E-state index >= 15 is 0 Å². The molecule has 1 atom stereocenters. The van der Waals surface area contributed by atoms with E-state index in [1.165, 1.54) is 6.07 Å². The van der Waals surface area contributed by atoms with Crippen LogP contribution in [0.5, 0.6) is 0 Å². The van der Waals surface area contributed by atoms with Gasteiger partial charge in [0.2, 0.25) is 0 Å². The first-order valence-electron chi connectivity index (χ1n) is 6.84. The van der Waals surface area contributed by atoms with E-state index in [-0.39, 0.29) is 29.1 Å². The van der Waals surface area contributed by atoms with Crippen molar-refractivity contribution in [3.05, 3.63) is 52.7 Å². The molecule has 116 valence electrons. The van der Waals surface area contributed by atoms with Crippen LogP contribution in [0.4, 0.5) is 5.82 Å². The molecule has 2 aromatic rings. The summed E-state index contributed by atoms with van der Waals surface area (Å²) in [4.78, 5) is 11.4. The van der Waals surface area contributed by atoms with Crippen LogP contribution in [0.25, 0.3) is 0 Å². The predicted molar refractivity (Wildman–Crippen MR) is 84.9 cm³/mol. The number of anilines is 1. The largest absolute Gasteiger partial charge is 0.396 e. The number of hydrogen-bond donors (Lipinski definition) is 3. The average Bonchev–Trinajstić information content (AvgIpc) is 2.53. The number of benzene rings is 1. The van der Waals surface area contributed by atoms with Crippen molar-refractivity contribution < 1.29 is 9.90 Å². The summed E-state index contributed by atoms with van der Waals surface area (Å²) in [5.41, 5.74) is 6.59. The van der Waals surface area contributed by atoms with Gasteiger partial charge in [0.25, 0.3) is 5.91 Å². The van der Waals surface area contributed by atoms with Crippen molar-refractivity contribution in [1.82, 2.24) is 10.2 Å². The molecule has 1 amide bonds. The lowest BCUT2D eigenvalue weighted by atomic mass is 9.96. The SMILES string of the molecule is NC(=O)c1cc(Cl)nnc1NCC(CCO)c1ccccc1. The molecule has 1 heterocycles. The van der Waals surface area contributed by atoms with Gasteiger partial charge in [-0.15, -0.1) is 10.2 Å². The van der Waals surface area contributed by atoms with Crippen molar-refractivity contribution in [3.63, 3.8) is 0 Å². The smallest absolute Gasteiger partial charge is 0.252 e. The zero-order valence-electron chi connectivity index (χ0n) is 11.9. The minimum atomic E-state index is -0.627. The molecule has 0 saturated heterocycles. The molecule has 2 rings (SSSR count). The molecule has 7 heteroatoms. The summed E-state index contributed by atoms with van der Waals surface area (Å²) in [5.74, 6) is -0.266. The van der Waals surface area contributed by atoms with Gasteiger partial charge in [-0.3, -0.25) is 4.79 Å². The van der Waals surface area contributed by atoms with E-state index in [9.17, 15) is 9.90 Å². The normalized spacial score (nSPS) is 11.9. The molecule has 1 aromatic heterocycles. The maximum absolute atomic E-state index is 11.4. The lowest BCUT2D eigenvalue weighted by molar-refractivity contribution is 0.100. The second-order valence-corrected chi connectivity index (χ2v) is 5.18. The summed E-state index contributed by atoms with van der Waals surface area (Å²) in [7, 11) is 0. The molecule has 1 aromatic carbocycles. The topological polar surface area (TPSA) is 101 Å². The molecule has 0 spiro atoms. The van der Waals surface area contributed by atoms with Gasteiger partial charge in [-0.05, 0) is 18.1 Å². The van der Waals surface area contributed by atoms with Gasteiger partial charge in [-0.25, -0.2) is 0 Å². The Hall–Kier alpha value is -2.18. The first kappa shape index (κ1) is 16.2. The van der Waals surface area contributed by atoms with Gasteiger partial charge < -0.3 is 16.2 Å². The van der Waals surface area contributed by atoms with Gasteiger partial charge in [-0.1, -0.05) is 41.9 Å². The summed E-state index contributed by atoms with van der Waals surface area (Å²) in [6.45, 7) is 0.553. The second kappa shape index (κ2) is 7.72. The van der Waals surface area contributed by atoms with Crippen LogP contribution in [-0.2, 0) is 0 Å². The maximum atomic E-state index is 11.4. The standard InChI is InChI=1S/C15H17ClN4O2/c16-13-8-12(14(17)22)15(20-19-13)18-9-11(6-7-21)10-4-2-1-3-5-10/h1-5,8,11,21H,6-7,9H2,(H2,17,22)(H,18,20). The molecular formula is C15H17ClN4O2. The number of carbonyl (C=O) groups is 1. The number of nitrogens with one attached hydrogen (secondary N) is 1. The van der Waals surface area contributed by atoms with Crippen molar-refractivity contribution in [2.75, 3.05) is 18.5 Å². The molecular weight excluding hydrogens is 304 g/mol. The quantitative estimate of drug-likeness (QED) is 0.722. The van der Waals surface area contributed by atoms with Gasteiger partial charge in [-0.2, -0.15) is 0 Å². The van der Waals surface area contributed by atoms with Crippen LogP contribution in [-0.4, -0.2) is 34.4 Å². The number of amides is 1. The fourth-order valence-electron chi connectivity index (χ4n) is 2.17. The highest BCUT2D eigenvalue weighted by Crippen LogP contribution is 2.21. The summed E-state index contributed by atoms with van der Waals surface area (Å²) in [5, 5.41) is 20.0. The number of halogens is 1. The first-order valence-corrected chi connectivity index (χ1v) is 7.22. The number of nitrogens with zero attached hydrogens (tertiary/aromatic N) is 2. The van der Waals surface area contributed by atoms with E-state index < -0.39 is 5.91 Å². The van der Waals surface area contributed by atoms with Crippen LogP contribution in [0, 0.1) is 0 Å². The summed E-state index contributed by atoms with van der Waals surface area (Å²) in [6, 6.07) is 11.2. The van der Waals surface area contributed by atoms with E-state index in [1.807, 2.05) is 30.3 Å². The van der Waals surface area contributed by atoms with Crippen LogP contribution in [0.1, 0.15) is 28.3 Å². The zero-order valence-corrected chi connectivity index (χ0v) is 12.6. The Morgan fingerprint density at radius 1 is 1.32 bits per heavy atom. The number of nitrogens with two attached hydrogens (primary N) is 1. The number of rotatable bonds is 7. The lowest BCUT2D eigenvalue weighted by Gasteiger charge is -2.18. The third-order valence-electron chi connectivity index (χ3n) is 3.29. The summed E-state index contributed by atoms with van der Waals surface area (Å²) in [6.07, 6.45) is 0.587. The summed E-state index contributed by atoms with van der Waals surface area (Å²) < 4.78 is 0.